The van der Waals surface area contributed by atoms with Crippen molar-refractivity contribution in [3.63, 3.8) is 0 Å². The van der Waals surface area contributed by atoms with Crippen LogP contribution >= 0.6 is 0 Å². The van der Waals surface area contributed by atoms with E-state index in [4.69, 9.17) is 0 Å². The second-order valence-electron chi connectivity index (χ2n) is 4.11. The van der Waals surface area contributed by atoms with Crippen molar-refractivity contribution >= 4 is 0 Å². The van der Waals surface area contributed by atoms with Crippen LogP contribution in [0.3, 0.4) is 0 Å². The Morgan fingerprint density at radius 3 is 2.75 bits per heavy atom. The van der Waals surface area contributed by atoms with Crippen molar-refractivity contribution in [3.8, 4) is 0 Å². The fraction of sp³-hybridized carbons (Fsp3) is 0.357. The molecule has 0 amide bonds. The fourth-order valence-electron chi connectivity index (χ4n) is 2.05. The van der Waals surface area contributed by atoms with Crippen LogP contribution in [0, 0.1) is 12.0 Å². The first-order chi connectivity index (χ1) is 7.38. The summed E-state index contributed by atoms with van der Waals surface area (Å²) in [5, 5.41) is 3.32. The van der Waals surface area contributed by atoms with E-state index in [1.165, 1.54) is 18.0 Å². The largest absolute Gasteiger partial charge is 1.00 e. The zero-order valence-electron chi connectivity index (χ0n) is 10.2. The van der Waals surface area contributed by atoms with E-state index in [2.05, 4.69) is 54.8 Å². The van der Waals surface area contributed by atoms with Gasteiger partial charge in [-0.1, -0.05) is 43.3 Å². The molecule has 0 aromatic heterocycles. The monoisotopic (exact) mass is 207 g/mol. The van der Waals surface area contributed by atoms with Crippen molar-refractivity contribution in [2.45, 2.75) is 26.2 Å². The number of hydrogen-bond acceptors (Lipinski definition) is 1. The molecule has 0 saturated carbocycles. The second kappa shape index (κ2) is 6.84. The Kier molecular flexibility index (Phi) is 5.74. The van der Waals surface area contributed by atoms with Gasteiger partial charge in [-0.25, -0.2) is 6.04 Å². The van der Waals surface area contributed by atoms with E-state index in [0.29, 0.717) is 5.92 Å². The van der Waals surface area contributed by atoms with Crippen molar-refractivity contribution in [2.75, 3.05) is 0 Å². The van der Waals surface area contributed by atoms with Gasteiger partial charge in [0.05, 0.1) is 0 Å². The molecule has 0 bridgehead atoms. The van der Waals surface area contributed by atoms with Gasteiger partial charge in [0.2, 0.25) is 0 Å². The summed E-state index contributed by atoms with van der Waals surface area (Å²) in [4.78, 5) is 0. The maximum Gasteiger partial charge on any atom is 1.00 e. The minimum absolute atomic E-state index is 0. The summed E-state index contributed by atoms with van der Waals surface area (Å²) in [5.41, 5.74) is 1.43. The molecule has 1 heterocycles. The van der Waals surface area contributed by atoms with Crippen LogP contribution in [0.25, 0.3) is 0 Å². The summed E-state index contributed by atoms with van der Waals surface area (Å²) in [6, 6.07) is 12.2. The Bertz CT molecular complexity index is 321. The zero-order chi connectivity index (χ0) is 10.5. The van der Waals surface area contributed by atoms with Gasteiger partial charge < -0.3 is 5.32 Å². The van der Waals surface area contributed by atoms with Crippen molar-refractivity contribution in [1.29, 1.82) is 0 Å². The normalized spacial score (nSPS) is 19.9. The predicted molar refractivity (Wildman–Crippen MR) is 64.1 cm³/mol. The molecule has 1 aliphatic heterocycles. The molecule has 1 aliphatic rings. The van der Waals surface area contributed by atoms with Gasteiger partial charge >= 0.3 is 18.9 Å². The molecule has 0 aliphatic carbocycles. The Morgan fingerprint density at radius 1 is 1.31 bits per heavy atom. The molecular weight excluding hydrogens is 189 g/mol. The molecule has 1 aromatic rings. The van der Waals surface area contributed by atoms with E-state index in [1.807, 2.05) is 0 Å². The molecule has 1 aromatic carbocycles. The molecule has 1 unspecified atom stereocenters. The summed E-state index contributed by atoms with van der Waals surface area (Å²) in [7, 11) is 0. The van der Waals surface area contributed by atoms with Crippen molar-refractivity contribution in [3.05, 3.63) is 54.2 Å². The molecule has 1 nitrogen and oxygen atoms in total. The average molecular weight is 207 g/mol. The fourth-order valence-corrected chi connectivity index (χ4v) is 2.05. The maximum atomic E-state index is 3.32. The van der Waals surface area contributed by atoms with Crippen LogP contribution in [0.4, 0.5) is 0 Å². The summed E-state index contributed by atoms with van der Waals surface area (Å²) < 4.78 is 0. The van der Waals surface area contributed by atoms with Crippen LogP contribution in [0.15, 0.2) is 42.6 Å². The number of hydrogen-bond donors (Lipinski definition) is 1. The summed E-state index contributed by atoms with van der Waals surface area (Å²) in [6.07, 6.45) is 7.85. The molecule has 2 heteroatoms. The molecule has 1 N–H and O–H groups in total. The third-order valence-electron chi connectivity index (χ3n) is 2.93. The van der Waals surface area contributed by atoms with E-state index >= 15 is 0 Å². The van der Waals surface area contributed by atoms with Gasteiger partial charge in [-0.2, -0.15) is 12.8 Å². The Hall–Kier alpha value is -0.643. The van der Waals surface area contributed by atoms with E-state index in [9.17, 15) is 0 Å². The molecule has 2 rings (SSSR count). The van der Waals surface area contributed by atoms with Crippen LogP contribution in [0.2, 0.25) is 0 Å². The van der Waals surface area contributed by atoms with Crippen LogP contribution in [0.5, 0.6) is 0 Å². The maximum absolute atomic E-state index is 3.32. The Labute approximate surface area is 111 Å². The van der Waals surface area contributed by atoms with Crippen molar-refractivity contribution in [1.82, 2.24) is 5.32 Å². The molecule has 0 saturated heterocycles. The van der Waals surface area contributed by atoms with Gasteiger partial charge in [-0.05, 0) is 24.1 Å². The first-order valence-electron chi connectivity index (χ1n) is 5.70. The number of benzene rings is 1. The van der Waals surface area contributed by atoms with Gasteiger partial charge in [0, 0.05) is 0 Å². The van der Waals surface area contributed by atoms with Crippen LogP contribution < -0.4 is 24.2 Å². The molecule has 0 spiro atoms. The zero-order valence-corrected chi connectivity index (χ0v) is 10.2. The molecule has 16 heavy (non-hydrogen) atoms. The second-order valence-corrected chi connectivity index (χ2v) is 4.11. The smallest absolute Gasteiger partial charge is 0.539 e. The van der Waals surface area contributed by atoms with Gasteiger partial charge in [0.1, 0.15) is 0 Å². The third-order valence-corrected chi connectivity index (χ3v) is 2.93. The van der Waals surface area contributed by atoms with Crippen molar-refractivity contribution < 1.29 is 18.9 Å². The summed E-state index contributed by atoms with van der Waals surface area (Å²) in [5.74, 6) is 0.670. The minimum Gasteiger partial charge on any atom is -0.539 e. The van der Waals surface area contributed by atoms with Gasteiger partial charge in [0.15, 0.2) is 0 Å². The standard InChI is InChI=1S/C14H18N.Li/c1-2-14-11-13(8-9-15-14)10-12-6-4-3-5-7-12;/h3-9,13,15H,2,10-11H2,1H3;/q-1;+1. The quantitative estimate of drug-likeness (QED) is 0.555. The van der Waals surface area contributed by atoms with E-state index in [0.717, 1.165) is 12.8 Å². The van der Waals surface area contributed by atoms with E-state index < -0.39 is 0 Å². The number of allylic oxidation sites excluding steroid dienone is 1. The van der Waals surface area contributed by atoms with Gasteiger partial charge in [0.25, 0.3) is 0 Å². The van der Waals surface area contributed by atoms with Crippen LogP contribution in [-0.2, 0) is 6.42 Å². The van der Waals surface area contributed by atoms with Gasteiger partial charge in [-0.15, -0.1) is 0 Å². The van der Waals surface area contributed by atoms with Gasteiger partial charge in [-0.3, -0.25) is 0 Å². The molecule has 80 valence electrons. The molecular formula is C14H18LiN. The average Bonchev–Trinajstić information content (AvgIpc) is 2.31. The first-order valence-corrected chi connectivity index (χ1v) is 5.70. The SMILES string of the molecule is CC[C-]1CC(Cc2ccccc2)C=CN1.[Li+]. The first kappa shape index (κ1) is 13.4. The summed E-state index contributed by atoms with van der Waals surface area (Å²) >= 11 is 0. The van der Waals surface area contributed by atoms with E-state index in [-0.39, 0.29) is 18.9 Å². The third kappa shape index (κ3) is 3.74. The molecule has 1 atom stereocenters. The van der Waals surface area contributed by atoms with Crippen LogP contribution in [0.1, 0.15) is 25.3 Å². The molecule has 0 fully saturated rings. The Balaban J connectivity index is 0.00000128. The number of nitrogens with one attached hydrogen (secondary N) is 1. The topological polar surface area (TPSA) is 12.0 Å². The minimum atomic E-state index is 0. The Morgan fingerprint density at radius 2 is 2.06 bits per heavy atom. The summed E-state index contributed by atoms with van der Waals surface area (Å²) in [6.45, 7) is 2.21. The predicted octanol–water partition coefficient (Wildman–Crippen LogP) is 0.298. The van der Waals surface area contributed by atoms with E-state index in [1.54, 1.807) is 0 Å². The van der Waals surface area contributed by atoms with Crippen molar-refractivity contribution in [2.24, 2.45) is 5.92 Å². The number of rotatable bonds is 3. The molecule has 0 radical (unpaired) electrons. The van der Waals surface area contributed by atoms with Crippen LogP contribution in [-0.4, -0.2) is 0 Å².